The minimum absolute atomic E-state index is 0.517. The van der Waals surface area contributed by atoms with Crippen molar-refractivity contribution in [2.75, 3.05) is 11.9 Å². The fraction of sp³-hybridized carbons (Fsp3) is 0.462. The molecule has 0 aliphatic rings. The van der Waals surface area contributed by atoms with E-state index in [1.807, 2.05) is 6.92 Å². The molecule has 0 bridgehead atoms. The van der Waals surface area contributed by atoms with Crippen molar-refractivity contribution in [3.63, 3.8) is 0 Å². The van der Waals surface area contributed by atoms with Gasteiger partial charge in [0.05, 0.1) is 16.4 Å². The van der Waals surface area contributed by atoms with E-state index in [-0.39, 0.29) is 0 Å². The number of aromatic nitrogens is 3. The average molecular weight is 376 g/mol. The third-order valence-electron chi connectivity index (χ3n) is 2.53. The van der Waals surface area contributed by atoms with Crippen LogP contribution in [-0.4, -0.2) is 21.5 Å². The molecule has 0 saturated heterocycles. The summed E-state index contributed by atoms with van der Waals surface area (Å²) in [6, 6.07) is 0. The van der Waals surface area contributed by atoms with Gasteiger partial charge in [0.25, 0.3) is 0 Å². The van der Waals surface area contributed by atoms with Crippen LogP contribution in [0.1, 0.15) is 26.5 Å². The predicted octanol–water partition coefficient (Wildman–Crippen LogP) is 4.65. The van der Waals surface area contributed by atoms with Gasteiger partial charge in [0.1, 0.15) is 10.2 Å². The van der Waals surface area contributed by atoms with E-state index in [9.17, 15) is 0 Å². The Labute approximate surface area is 136 Å². The molecule has 0 unspecified atom stereocenters. The van der Waals surface area contributed by atoms with Crippen molar-refractivity contribution in [3.05, 3.63) is 20.7 Å². The smallest absolute Gasteiger partial charge is 0.191 e. The first-order valence-corrected chi connectivity index (χ1v) is 8.42. The highest BCUT2D eigenvalue weighted by Crippen LogP contribution is 2.31. The monoisotopic (exact) mass is 374 g/mol. The molecule has 0 aliphatic carbocycles. The molecular weight excluding hydrogens is 360 g/mol. The maximum atomic E-state index is 5.94. The highest BCUT2D eigenvalue weighted by molar-refractivity contribution is 9.10. The van der Waals surface area contributed by atoms with Crippen LogP contribution < -0.4 is 5.32 Å². The lowest BCUT2D eigenvalue weighted by Crippen LogP contribution is -2.08. The lowest BCUT2D eigenvalue weighted by molar-refractivity contribution is 0.632. The van der Waals surface area contributed by atoms with Gasteiger partial charge in [-0.1, -0.05) is 36.8 Å². The molecule has 108 valence electrons. The minimum atomic E-state index is 0.517. The standard InChI is InChI=1S/C13H16BrClN4S/c1-4-16-11-10(14)8(5-7(2)3)18-12(19-11)13-17-6-9(15)20-13/h6-7H,4-5H2,1-3H3,(H,16,18,19). The number of nitrogens with one attached hydrogen (secondary N) is 1. The van der Waals surface area contributed by atoms with E-state index >= 15 is 0 Å². The van der Waals surface area contributed by atoms with Crippen molar-refractivity contribution in [1.29, 1.82) is 0 Å². The highest BCUT2D eigenvalue weighted by Gasteiger charge is 2.16. The Morgan fingerprint density at radius 3 is 2.70 bits per heavy atom. The van der Waals surface area contributed by atoms with Crippen molar-refractivity contribution in [2.24, 2.45) is 5.92 Å². The van der Waals surface area contributed by atoms with Crippen LogP contribution in [0.3, 0.4) is 0 Å². The molecule has 0 aliphatic heterocycles. The molecule has 0 spiro atoms. The summed E-state index contributed by atoms with van der Waals surface area (Å²) in [6.07, 6.45) is 2.51. The Bertz CT molecular complexity index is 600. The van der Waals surface area contributed by atoms with Crippen LogP contribution in [0.5, 0.6) is 0 Å². The van der Waals surface area contributed by atoms with E-state index in [1.165, 1.54) is 11.3 Å². The van der Waals surface area contributed by atoms with Crippen LogP contribution in [0.2, 0.25) is 4.34 Å². The fourth-order valence-corrected chi connectivity index (χ4v) is 3.08. The molecule has 20 heavy (non-hydrogen) atoms. The highest BCUT2D eigenvalue weighted by atomic mass is 79.9. The molecule has 1 N–H and O–H groups in total. The quantitative estimate of drug-likeness (QED) is 0.826. The van der Waals surface area contributed by atoms with Gasteiger partial charge in [-0.3, -0.25) is 0 Å². The third-order valence-corrected chi connectivity index (χ3v) is 4.48. The van der Waals surface area contributed by atoms with Crippen LogP contribution in [0.25, 0.3) is 10.8 Å². The zero-order chi connectivity index (χ0) is 14.7. The van der Waals surface area contributed by atoms with Crippen LogP contribution in [0.15, 0.2) is 10.7 Å². The van der Waals surface area contributed by atoms with Crippen molar-refractivity contribution in [1.82, 2.24) is 15.0 Å². The zero-order valence-corrected chi connectivity index (χ0v) is 14.7. The molecule has 0 saturated carbocycles. The number of halogens is 2. The predicted molar refractivity (Wildman–Crippen MR) is 88.6 cm³/mol. The Morgan fingerprint density at radius 1 is 1.40 bits per heavy atom. The topological polar surface area (TPSA) is 50.7 Å². The second-order valence-corrected chi connectivity index (χ2v) is 7.21. The van der Waals surface area contributed by atoms with Gasteiger partial charge in [-0.25, -0.2) is 15.0 Å². The Kier molecular flexibility index (Phi) is 5.35. The number of rotatable bonds is 5. The molecule has 2 rings (SSSR count). The number of thiazole rings is 1. The summed E-state index contributed by atoms with van der Waals surface area (Å²) in [5.74, 6) is 1.94. The Morgan fingerprint density at radius 2 is 2.15 bits per heavy atom. The molecule has 0 atom stereocenters. The van der Waals surface area contributed by atoms with Crippen LogP contribution in [-0.2, 0) is 6.42 Å². The Hall–Kier alpha value is -0.720. The zero-order valence-electron chi connectivity index (χ0n) is 11.6. The molecule has 4 nitrogen and oxygen atoms in total. The molecule has 2 aromatic rings. The van der Waals surface area contributed by atoms with Crippen molar-refractivity contribution < 1.29 is 0 Å². The lowest BCUT2D eigenvalue weighted by Gasteiger charge is -2.12. The minimum Gasteiger partial charge on any atom is -0.369 e. The van der Waals surface area contributed by atoms with E-state index < -0.39 is 0 Å². The largest absolute Gasteiger partial charge is 0.369 e. The van der Waals surface area contributed by atoms with Gasteiger partial charge < -0.3 is 5.32 Å². The first kappa shape index (κ1) is 15.7. The van der Waals surface area contributed by atoms with E-state index in [0.717, 1.165) is 34.0 Å². The van der Waals surface area contributed by atoms with E-state index in [2.05, 4.69) is 50.0 Å². The summed E-state index contributed by atoms with van der Waals surface area (Å²) in [5, 5.41) is 3.99. The summed E-state index contributed by atoms with van der Waals surface area (Å²) < 4.78 is 1.57. The normalized spacial score (nSPS) is 11.1. The Balaban J connectivity index is 2.49. The molecule has 2 aromatic heterocycles. The number of hydrogen-bond donors (Lipinski definition) is 1. The van der Waals surface area contributed by atoms with Gasteiger partial charge in [0.2, 0.25) is 0 Å². The summed E-state index contributed by atoms with van der Waals surface area (Å²) in [5.41, 5.74) is 0.993. The van der Waals surface area contributed by atoms with Crippen LogP contribution in [0, 0.1) is 5.92 Å². The van der Waals surface area contributed by atoms with Gasteiger partial charge in [-0.2, -0.15) is 0 Å². The average Bonchev–Trinajstić information content (AvgIpc) is 2.80. The van der Waals surface area contributed by atoms with E-state index in [0.29, 0.717) is 16.1 Å². The number of nitrogens with zero attached hydrogens (tertiary/aromatic N) is 3. The first-order valence-electron chi connectivity index (χ1n) is 6.43. The number of hydrogen-bond acceptors (Lipinski definition) is 5. The van der Waals surface area contributed by atoms with E-state index in [1.54, 1.807) is 6.20 Å². The van der Waals surface area contributed by atoms with Crippen molar-refractivity contribution in [3.8, 4) is 10.8 Å². The summed E-state index contributed by atoms with van der Waals surface area (Å²) >= 11 is 10.9. The second kappa shape index (κ2) is 6.83. The second-order valence-electron chi connectivity index (χ2n) is 4.75. The van der Waals surface area contributed by atoms with Gasteiger partial charge in [0, 0.05) is 6.54 Å². The molecule has 0 aromatic carbocycles. The van der Waals surface area contributed by atoms with Crippen LogP contribution >= 0.6 is 38.9 Å². The number of anilines is 1. The fourth-order valence-electron chi connectivity index (χ4n) is 1.75. The summed E-state index contributed by atoms with van der Waals surface area (Å²) in [7, 11) is 0. The first-order chi connectivity index (χ1) is 9.51. The van der Waals surface area contributed by atoms with Crippen molar-refractivity contribution in [2.45, 2.75) is 27.2 Å². The molecule has 0 fully saturated rings. The summed E-state index contributed by atoms with van der Waals surface area (Å²) in [6.45, 7) is 7.17. The van der Waals surface area contributed by atoms with Gasteiger partial charge in [-0.15, -0.1) is 0 Å². The lowest BCUT2D eigenvalue weighted by atomic mass is 10.1. The molecule has 0 amide bonds. The van der Waals surface area contributed by atoms with Crippen molar-refractivity contribution >= 4 is 44.7 Å². The molecule has 0 radical (unpaired) electrons. The molecule has 7 heteroatoms. The third kappa shape index (κ3) is 3.68. The summed E-state index contributed by atoms with van der Waals surface area (Å²) in [4.78, 5) is 13.4. The van der Waals surface area contributed by atoms with E-state index in [4.69, 9.17) is 11.6 Å². The van der Waals surface area contributed by atoms with Gasteiger partial charge in [0.15, 0.2) is 10.8 Å². The maximum Gasteiger partial charge on any atom is 0.191 e. The molecule has 2 heterocycles. The maximum absolute atomic E-state index is 5.94. The van der Waals surface area contributed by atoms with Crippen LogP contribution in [0.4, 0.5) is 5.82 Å². The van der Waals surface area contributed by atoms with Gasteiger partial charge >= 0.3 is 0 Å². The van der Waals surface area contributed by atoms with Gasteiger partial charge in [-0.05, 0) is 35.2 Å². The SMILES string of the molecule is CCNc1nc(-c2ncc(Cl)s2)nc(CC(C)C)c1Br. The molecular formula is C13H16BrClN4S.